The predicted octanol–water partition coefficient (Wildman–Crippen LogP) is 4.25. The zero-order valence-electron chi connectivity index (χ0n) is 16.6. The first-order chi connectivity index (χ1) is 14.0. The number of benzene rings is 3. The van der Waals surface area contributed by atoms with Gasteiger partial charge in [-0.2, -0.15) is 0 Å². The SMILES string of the molecule is Cc1cccc(C)c1OCC(=O)Nc1ccccc1C(=O)NCc1ccccc1. The molecule has 0 aromatic heterocycles. The molecule has 0 unspecified atom stereocenters. The molecular formula is C24H24N2O3. The summed E-state index contributed by atoms with van der Waals surface area (Å²) >= 11 is 0. The van der Waals surface area contributed by atoms with Crippen LogP contribution >= 0.6 is 0 Å². The maximum atomic E-state index is 12.6. The number of ether oxygens (including phenoxy) is 1. The van der Waals surface area contributed by atoms with E-state index in [1.54, 1.807) is 24.3 Å². The van der Waals surface area contributed by atoms with Crippen molar-refractivity contribution in [1.82, 2.24) is 5.32 Å². The summed E-state index contributed by atoms with van der Waals surface area (Å²) in [4.78, 5) is 25.0. The highest BCUT2D eigenvalue weighted by atomic mass is 16.5. The Bertz CT molecular complexity index is 980. The van der Waals surface area contributed by atoms with Gasteiger partial charge in [0, 0.05) is 6.54 Å². The molecule has 0 spiro atoms. The van der Waals surface area contributed by atoms with Crippen LogP contribution in [0, 0.1) is 13.8 Å². The van der Waals surface area contributed by atoms with E-state index in [-0.39, 0.29) is 18.4 Å². The van der Waals surface area contributed by atoms with Gasteiger partial charge in [0.2, 0.25) is 0 Å². The van der Waals surface area contributed by atoms with Gasteiger partial charge in [-0.1, -0.05) is 60.7 Å². The fraction of sp³-hybridized carbons (Fsp3) is 0.167. The molecule has 3 aromatic rings. The number of hydrogen-bond acceptors (Lipinski definition) is 3. The molecule has 0 aliphatic rings. The van der Waals surface area contributed by atoms with Crippen LogP contribution < -0.4 is 15.4 Å². The molecule has 5 nitrogen and oxygen atoms in total. The molecule has 3 aromatic carbocycles. The number of nitrogens with one attached hydrogen (secondary N) is 2. The van der Waals surface area contributed by atoms with Crippen LogP contribution in [0.2, 0.25) is 0 Å². The van der Waals surface area contributed by atoms with Gasteiger partial charge < -0.3 is 15.4 Å². The third-order valence-corrected chi connectivity index (χ3v) is 4.50. The molecule has 0 atom stereocenters. The molecule has 29 heavy (non-hydrogen) atoms. The molecule has 148 valence electrons. The van der Waals surface area contributed by atoms with Crippen molar-refractivity contribution >= 4 is 17.5 Å². The van der Waals surface area contributed by atoms with Crippen LogP contribution in [0.15, 0.2) is 72.8 Å². The summed E-state index contributed by atoms with van der Waals surface area (Å²) in [6.45, 7) is 4.16. The second-order valence-corrected chi connectivity index (χ2v) is 6.77. The Morgan fingerprint density at radius 1 is 0.828 bits per heavy atom. The molecule has 0 saturated carbocycles. The lowest BCUT2D eigenvalue weighted by Crippen LogP contribution is -2.26. The predicted molar refractivity (Wildman–Crippen MR) is 114 cm³/mol. The highest BCUT2D eigenvalue weighted by molar-refractivity contribution is 6.04. The summed E-state index contributed by atoms with van der Waals surface area (Å²) in [6, 6.07) is 22.4. The van der Waals surface area contributed by atoms with Crippen LogP contribution in [-0.2, 0) is 11.3 Å². The lowest BCUT2D eigenvalue weighted by atomic mass is 10.1. The quantitative estimate of drug-likeness (QED) is 0.636. The molecular weight excluding hydrogens is 364 g/mol. The topological polar surface area (TPSA) is 67.4 Å². The van der Waals surface area contributed by atoms with Gasteiger partial charge in [0.25, 0.3) is 11.8 Å². The van der Waals surface area contributed by atoms with Crippen molar-refractivity contribution in [2.24, 2.45) is 0 Å². The average Bonchev–Trinajstić information content (AvgIpc) is 2.73. The van der Waals surface area contributed by atoms with Gasteiger partial charge in [-0.05, 0) is 42.7 Å². The van der Waals surface area contributed by atoms with Crippen molar-refractivity contribution in [2.45, 2.75) is 20.4 Å². The van der Waals surface area contributed by atoms with Crippen molar-refractivity contribution < 1.29 is 14.3 Å². The van der Waals surface area contributed by atoms with Crippen molar-refractivity contribution in [1.29, 1.82) is 0 Å². The van der Waals surface area contributed by atoms with Crippen molar-refractivity contribution in [3.8, 4) is 5.75 Å². The van der Waals surface area contributed by atoms with E-state index in [0.717, 1.165) is 16.7 Å². The zero-order valence-corrected chi connectivity index (χ0v) is 16.6. The molecule has 3 rings (SSSR count). The van der Waals surface area contributed by atoms with Gasteiger partial charge in [0.05, 0.1) is 11.3 Å². The highest BCUT2D eigenvalue weighted by Crippen LogP contribution is 2.22. The summed E-state index contributed by atoms with van der Waals surface area (Å²) in [5, 5.41) is 5.65. The minimum atomic E-state index is -0.323. The lowest BCUT2D eigenvalue weighted by Gasteiger charge is -2.14. The molecule has 0 fully saturated rings. The van der Waals surface area contributed by atoms with Crippen LogP contribution in [0.5, 0.6) is 5.75 Å². The molecule has 0 aliphatic heterocycles. The molecule has 0 aliphatic carbocycles. The van der Waals surface area contributed by atoms with E-state index in [1.807, 2.05) is 62.4 Å². The first-order valence-corrected chi connectivity index (χ1v) is 9.44. The number of hydrogen-bond donors (Lipinski definition) is 2. The van der Waals surface area contributed by atoms with Gasteiger partial charge in [0.15, 0.2) is 6.61 Å². The molecule has 0 radical (unpaired) electrons. The summed E-state index contributed by atoms with van der Waals surface area (Å²) in [7, 11) is 0. The van der Waals surface area contributed by atoms with E-state index in [9.17, 15) is 9.59 Å². The first-order valence-electron chi connectivity index (χ1n) is 9.44. The van der Waals surface area contributed by atoms with Gasteiger partial charge in [-0.3, -0.25) is 9.59 Å². The van der Waals surface area contributed by atoms with Crippen molar-refractivity contribution in [2.75, 3.05) is 11.9 Å². The maximum Gasteiger partial charge on any atom is 0.262 e. The minimum Gasteiger partial charge on any atom is -0.483 e. The second kappa shape index (κ2) is 9.55. The molecule has 5 heteroatoms. The molecule has 0 bridgehead atoms. The third kappa shape index (κ3) is 5.45. The van der Waals surface area contributed by atoms with Crippen LogP contribution in [0.4, 0.5) is 5.69 Å². The zero-order chi connectivity index (χ0) is 20.6. The first kappa shape index (κ1) is 20.1. The van der Waals surface area contributed by atoms with Crippen LogP contribution in [0.25, 0.3) is 0 Å². The van der Waals surface area contributed by atoms with Crippen LogP contribution in [0.1, 0.15) is 27.0 Å². The van der Waals surface area contributed by atoms with E-state index in [0.29, 0.717) is 23.5 Å². The number of carbonyl (C=O) groups excluding carboxylic acids is 2. The molecule has 0 heterocycles. The van der Waals surface area contributed by atoms with Gasteiger partial charge >= 0.3 is 0 Å². The van der Waals surface area contributed by atoms with Gasteiger partial charge in [-0.25, -0.2) is 0 Å². The number of rotatable bonds is 7. The van der Waals surface area contributed by atoms with E-state index in [1.165, 1.54) is 0 Å². The summed E-state index contributed by atoms with van der Waals surface area (Å²) < 4.78 is 5.69. The Balaban J connectivity index is 1.62. The van der Waals surface area contributed by atoms with Gasteiger partial charge in [-0.15, -0.1) is 0 Å². The summed E-state index contributed by atoms with van der Waals surface area (Å²) in [5.41, 5.74) is 3.80. The highest BCUT2D eigenvalue weighted by Gasteiger charge is 2.14. The monoisotopic (exact) mass is 388 g/mol. The number of amides is 2. The molecule has 2 N–H and O–H groups in total. The Labute approximate surface area is 170 Å². The average molecular weight is 388 g/mol. The Kier molecular flexibility index (Phi) is 6.63. The Morgan fingerprint density at radius 3 is 2.21 bits per heavy atom. The number of carbonyl (C=O) groups is 2. The second-order valence-electron chi connectivity index (χ2n) is 6.77. The van der Waals surface area contributed by atoms with Gasteiger partial charge in [0.1, 0.15) is 5.75 Å². The maximum absolute atomic E-state index is 12.6. The molecule has 2 amide bonds. The largest absolute Gasteiger partial charge is 0.483 e. The van der Waals surface area contributed by atoms with Crippen LogP contribution in [-0.4, -0.2) is 18.4 Å². The minimum absolute atomic E-state index is 0.133. The third-order valence-electron chi connectivity index (χ3n) is 4.50. The van der Waals surface area contributed by atoms with E-state index >= 15 is 0 Å². The fourth-order valence-corrected chi connectivity index (χ4v) is 3.01. The number of para-hydroxylation sites is 2. The Morgan fingerprint density at radius 2 is 1.48 bits per heavy atom. The molecule has 0 saturated heterocycles. The van der Waals surface area contributed by atoms with Crippen LogP contribution in [0.3, 0.4) is 0 Å². The number of anilines is 1. The normalized spacial score (nSPS) is 10.3. The fourth-order valence-electron chi connectivity index (χ4n) is 3.01. The lowest BCUT2D eigenvalue weighted by molar-refractivity contribution is -0.118. The smallest absolute Gasteiger partial charge is 0.262 e. The summed E-state index contributed by atoms with van der Waals surface area (Å²) in [5.74, 6) is 0.132. The van der Waals surface area contributed by atoms with E-state index < -0.39 is 0 Å². The number of aryl methyl sites for hydroxylation is 2. The van der Waals surface area contributed by atoms with Crippen molar-refractivity contribution in [3.63, 3.8) is 0 Å². The van der Waals surface area contributed by atoms with E-state index in [4.69, 9.17) is 4.74 Å². The summed E-state index contributed by atoms with van der Waals surface area (Å²) in [6.07, 6.45) is 0. The Hall–Kier alpha value is -3.60. The van der Waals surface area contributed by atoms with E-state index in [2.05, 4.69) is 10.6 Å². The standard InChI is InChI=1S/C24H24N2O3/c1-17-9-8-10-18(2)23(17)29-16-22(27)26-21-14-7-6-13-20(21)24(28)25-15-19-11-4-3-5-12-19/h3-14H,15-16H2,1-2H3,(H,25,28)(H,26,27). The van der Waals surface area contributed by atoms with Crippen molar-refractivity contribution in [3.05, 3.63) is 95.1 Å².